The minimum Gasteiger partial charge on any atom is -0.359 e. The number of alkyl halides is 2. The molecule has 0 fully saturated rings. The standard InChI is InChI=1S/C9H16F2N2S/c1-9(2,3)6-4-12-8(14-6)13-5-7(10)11/h6-7H,4-5H2,1-3H3,(H,12,13). The molecule has 82 valence electrons. The number of nitrogens with one attached hydrogen (secondary N) is 1. The van der Waals surface area contributed by atoms with Crippen molar-refractivity contribution in [2.75, 3.05) is 13.1 Å². The molecule has 0 aromatic heterocycles. The molecule has 2 nitrogen and oxygen atoms in total. The van der Waals surface area contributed by atoms with Gasteiger partial charge in [-0.3, -0.25) is 4.99 Å². The van der Waals surface area contributed by atoms with Crippen molar-refractivity contribution in [3.05, 3.63) is 0 Å². The minimum atomic E-state index is -2.31. The Balaban J connectivity index is 2.33. The Bertz CT molecular complexity index is 223. The van der Waals surface area contributed by atoms with E-state index in [1.807, 2.05) is 0 Å². The van der Waals surface area contributed by atoms with Crippen LogP contribution in [-0.4, -0.2) is 29.9 Å². The van der Waals surface area contributed by atoms with Gasteiger partial charge >= 0.3 is 0 Å². The van der Waals surface area contributed by atoms with Crippen LogP contribution in [0.2, 0.25) is 0 Å². The van der Waals surface area contributed by atoms with Gasteiger partial charge in [-0.2, -0.15) is 0 Å². The summed E-state index contributed by atoms with van der Waals surface area (Å²) in [6.45, 7) is 6.82. The largest absolute Gasteiger partial charge is 0.359 e. The number of rotatable bonds is 2. The van der Waals surface area contributed by atoms with Crippen molar-refractivity contribution in [1.82, 2.24) is 5.32 Å². The molecule has 0 aliphatic carbocycles. The first kappa shape index (κ1) is 11.8. The highest BCUT2D eigenvalue weighted by atomic mass is 32.2. The third-order valence-electron chi connectivity index (χ3n) is 2.03. The second-order valence-electron chi connectivity index (χ2n) is 4.39. The molecule has 1 unspecified atom stereocenters. The average Bonchev–Trinajstić information content (AvgIpc) is 2.47. The quantitative estimate of drug-likeness (QED) is 0.775. The van der Waals surface area contributed by atoms with Crippen LogP contribution in [-0.2, 0) is 0 Å². The molecule has 1 rings (SSSR count). The van der Waals surface area contributed by atoms with E-state index in [4.69, 9.17) is 0 Å². The lowest BCUT2D eigenvalue weighted by Gasteiger charge is -2.24. The van der Waals surface area contributed by atoms with Gasteiger partial charge in [0, 0.05) is 5.25 Å². The van der Waals surface area contributed by atoms with Crippen molar-refractivity contribution >= 4 is 16.9 Å². The zero-order chi connectivity index (χ0) is 10.8. The van der Waals surface area contributed by atoms with Crippen LogP contribution in [0.1, 0.15) is 20.8 Å². The van der Waals surface area contributed by atoms with Gasteiger partial charge in [-0.25, -0.2) is 8.78 Å². The first-order valence-electron chi connectivity index (χ1n) is 4.62. The zero-order valence-electron chi connectivity index (χ0n) is 8.68. The van der Waals surface area contributed by atoms with Crippen LogP contribution < -0.4 is 5.32 Å². The number of hydrogen-bond donors (Lipinski definition) is 1. The number of hydrogen-bond acceptors (Lipinski definition) is 3. The van der Waals surface area contributed by atoms with Gasteiger partial charge in [0.05, 0.1) is 13.1 Å². The number of amidine groups is 1. The Morgan fingerprint density at radius 3 is 2.64 bits per heavy atom. The number of aliphatic imine (C=N–C) groups is 1. The van der Waals surface area contributed by atoms with E-state index in [1.165, 1.54) is 0 Å². The summed E-state index contributed by atoms with van der Waals surface area (Å²) >= 11 is 1.57. The fourth-order valence-corrected chi connectivity index (χ4v) is 2.18. The molecule has 1 N–H and O–H groups in total. The van der Waals surface area contributed by atoms with Crippen LogP contribution in [0.5, 0.6) is 0 Å². The molecule has 1 aliphatic rings. The van der Waals surface area contributed by atoms with E-state index in [2.05, 4.69) is 31.1 Å². The predicted octanol–water partition coefficient (Wildman–Crippen LogP) is 2.36. The zero-order valence-corrected chi connectivity index (χ0v) is 9.50. The topological polar surface area (TPSA) is 24.4 Å². The van der Waals surface area contributed by atoms with E-state index >= 15 is 0 Å². The fourth-order valence-electron chi connectivity index (χ4n) is 1.09. The molecule has 0 saturated heterocycles. The summed E-state index contributed by atoms with van der Waals surface area (Å²) in [4.78, 5) is 4.19. The van der Waals surface area contributed by atoms with Gasteiger partial charge < -0.3 is 5.32 Å². The first-order chi connectivity index (χ1) is 6.39. The maximum Gasteiger partial charge on any atom is 0.255 e. The lowest BCUT2D eigenvalue weighted by molar-refractivity contribution is 0.152. The van der Waals surface area contributed by atoms with Crippen LogP contribution in [0.15, 0.2) is 4.99 Å². The Hall–Kier alpha value is -0.320. The number of nitrogens with zero attached hydrogens (tertiary/aromatic N) is 1. The van der Waals surface area contributed by atoms with Gasteiger partial charge in [-0.1, -0.05) is 32.5 Å². The normalized spacial score (nSPS) is 22.7. The van der Waals surface area contributed by atoms with E-state index in [1.54, 1.807) is 11.8 Å². The van der Waals surface area contributed by atoms with Crippen LogP contribution >= 0.6 is 11.8 Å². The molecular weight excluding hydrogens is 206 g/mol. The molecule has 0 radical (unpaired) electrons. The monoisotopic (exact) mass is 222 g/mol. The SMILES string of the molecule is CC(C)(C)C1CN=C(NCC(F)F)S1. The summed E-state index contributed by atoms with van der Waals surface area (Å²) in [5.74, 6) is 0. The fraction of sp³-hybridized carbons (Fsp3) is 0.889. The van der Waals surface area contributed by atoms with Gasteiger partial charge in [0.2, 0.25) is 0 Å². The van der Waals surface area contributed by atoms with Crippen molar-refractivity contribution in [2.45, 2.75) is 32.4 Å². The van der Waals surface area contributed by atoms with Gasteiger partial charge in [0.25, 0.3) is 6.43 Å². The van der Waals surface area contributed by atoms with E-state index in [9.17, 15) is 8.78 Å². The average molecular weight is 222 g/mol. The Labute approximate surface area is 87.6 Å². The second-order valence-corrected chi connectivity index (χ2v) is 5.58. The first-order valence-corrected chi connectivity index (χ1v) is 5.50. The highest BCUT2D eigenvalue weighted by molar-refractivity contribution is 8.14. The van der Waals surface area contributed by atoms with Gasteiger partial charge in [0.15, 0.2) is 5.17 Å². The smallest absolute Gasteiger partial charge is 0.255 e. The van der Waals surface area contributed by atoms with E-state index in [0.29, 0.717) is 10.4 Å². The molecule has 1 atom stereocenters. The Morgan fingerprint density at radius 2 is 2.21 bits per heavy atom. The summed E-state index contributed by atoms with van der Waals surface area (Å²) in [5.41, 5.74) is 0.169. The number of halogens is 2. The maximum atomic E-state index is 11.9. The molecular formula is C9H16F2N2S. The van der Waals surface area contributed by atoms with Gasteiger partial charge in [-0.05, 0) is 5.41 Å². The number of thioether (sulfide) groups is 1. The van der Waals surface area contributed by atoms with Crippen molar-refractivity contribution < 1.29 is 8.78 Å². The molecule has 1 heterocycles. The third kappa shape index (κ3) is 3.44. The van der Waals surface area contributed by atoms with Crippen molar-refractivity contribution in [3.8, 4) is 0 Å². The van der Waals surface area contributed by atoms with Crippen LogP contribution in [0.4, 0.5) is 8.78 Å². The molecule has 0 amide bonds. The molecule has 0 saturated carbocycles. The summed E-state index contributed by atoms with van der Waals surface area (Å²) in [6.07, 6.45) is -2.31. The maximum absolute atomic E-state index is 11.9. The van der Waals surface area contributed by atoms with Crippen LogP contribution in [0.3, 0.4) is 0 Å². The van der Waals surface area contributed by atoms with Crippen LogP contribution in [0.25, 0.3) is 0 Å². The molecule has 1 aliphatic heterocycles. The predicted molar refractivity (Wildman–Crippen MR) is 57.1 cm³/mol. The summed E-state index contributed by atoms with van der Waals surface area (Å²) in [5, 5.41) is 3.70. The Morgan fingerprint density at radius 1 is 1.57 bits per heavy atom. The summed E-state index contributed by atoms with van der Waals surface area (Å²) in [7, 11) is 0. The van der Waals surface area contributed by atoms with Gasteiger partial charge in [-0.15, -0.1) is 0 Å². The lowest BCUT2D eigenvalue weighted by Crippen LogP contribution is -2.28. The molecule has 14 heavy (non-hydrogen) atoms. The minimum absolute atomic E-state index is 0.169. The van der Waals surface area contributed by atoms with Crippen molar-refractivity contribution in [1.29, 1.82) is 0 Å². The third-order valence-corrected chi connectivity index (χ3v) is 3.67. The van der Waals surface area contributed by atoms with E-state index in [0.717, 1.165) is 6.54 Å². The second kappa shape index (κ2) is 4.47. The van der Waals surface area contributed by atoms with Gasteiger partial charge in [0.1, 0.15) is 0 Å². The lowest BCUT2D eigenvalue weighted by atomic mass is 9.92. The molecule has 0 spiro atoms. The van der Waals surface area contributed by atoms with Crippen molar-refractivity contribution in [2.24, 2.45) is 10.4 Å². The molecule has 0 bridgehead atoms. The molecule has 5 heteroatoms. The highest BCUT2D eigenvalue weighted by Crippen LogP contribution is 2.34. The van der Waals surface area contributed by atoms with E-state index in [-0.39, 0.29) is 12.0 Å². The highest BCUT2D eigenvalue weighted by Gasteiger charge is 2.30. The molecule has 0 aromatic carbocycles. The Kier molecular flexibility index (Phi) is 3.75. The van der Waals surface area contributed by atoms with E-state index < -0.39 is 6.43 Å². The summed E-state index contributed by atoms with van der Waals surface area (Å²) in [6, 6.07) is 0. The van der Waals surface area contributed by atoms with Crippen LogP contribution in [0, 0.1) is 5.41 Å². The van der Waals surface area contributed by atoms with Crippen molar-refractivity contribution in [3.63, 3.8) is 0 Å². The molecule has 0 aromatic rings. The summed E-state index contributed by atoms with van der Waals surface area (Å²) < 4.78 is 23.8.